The Morgan fingerprint density at radius 2 is 1.57 bits per heavy atom. The third kappa shape index (κ3) is 5.04. The van der Waals surface area contributed by atoms with E-state index in [1.807, 2.05) is 24.3 Å². The number of nitro benzene ring substituents is 1. The Bertz CT molecular complexity index is 1060. The lowest BCUT2D eigenvalue weighted by Gasteiger charge is -2.10. The second kappa shape index (κ2) is 9.41. The van der Waals surface area contributed by atoms with Gasteiger partial charge < -0.3 is 10.6 Å². The Hall–Kier alpha value is -4.08. The lowest BCUT2D eigenvalue weighted by Crippen LogP contribution is -2.05. The maximum absolute atomic E-state index is 11.7. The molecule has 10 nitrogen and oxygen atoms in total. The molecule has 0 radical (unpaired) electrons. The van der Waals surface area contributed by atoms with Gasteiger partial charge in [0.2, 0.25) is 11.6 Å². The molecule has 2 N–H and O–H groups in total. The van der Waals surface area contributed by atoms with E-state index in [1.165, 1.54) is 30.1 Å². The number of rotatable bonds is 9. The van der Waals surface area contributed by atoms with Crippen LogP contribution in [0.5, 0.6) is 0 Å². The summed E-state index contributed by atoms with van der Waals surface area (Å²) in [5.41, 5.74) is 1.64. The van der Waals surface area contributed by atoms with Gasteiger partial charge in [-0.15, -0.1) is 0 Å². The maximum atomic E-state index is 11.7. The zero-order chi connectivity index (χ0) is 21.5. The van der Waals surface area contributed by atoms with Gasteiger partial charge in [-0.25, -0.2) is 9.97 Å². The van der Waals surface area contributed by atoms with Gasteiger partial charge in [0, 0.05) is 23.5 Å². The molecule has 0 aliphatic heterocycles. The molecule has 0 saturated heterocycles. The van der Waals surface area contributed by atoms with Gasteiger partial charge in [-0.2, -0.15) is 0 Å². The van der Waals surface area contributed by atoms with E-state index < -0.39 is 9.85 Å². The molecule has 30 heavy (non-hydrogen) atoms. The third-order valence-electron chi connectivity index (χ3n) is 4.36. The first-order valence-corrected chi connectivity index (χ1v) is 9.34. The molecule has 0 spiro atoms. The van der Waals surface area contributed by atoms with E-state index in [9.17, 15) is 20.2 Å². The molecule has 0 amide bonds. The van der Waals surface area contributed by atoms with E-state index in [0.29, 0.717) is 11.4 Å². The number of benzene rings is 2. The number of aryl methyl sites for hydroxylation is 1. The smallest absolute Gasteiger partial charge is 0.334 e. The van der Waals surface area contributed by atoms with Crippen LogP contribution in [0.15, 0.2) is 54.9 Å². The topological polar surface area (TPSA) is 136 Å². The zero-order valence-electron chi connectivity index (χ0n) is 16.2. The first-order valence-electron chi connectivity index (χ1n) is 9.34. The highest BCUT2D eigenvalue weighted by molar-refractivity contribution is 5.77. The monoisotopic (exact) mass is 408 g/mol. The van der Waals surface area contributed by atoms with Gasteiger partial charge in [0.1, 0.15) is 6.33 Å². The fraction of sp³-hybridized carbons (Fsp3) is 0.200. The van der Waals surface area contributed by atoms with Crippen LogP contribution in [0.2, 0.25) is 0 Å². The zero-order valence-corrected chi connectivity index (χ0v) is 16.2. The summed E-state index contributed by atoms with van der Waals surface area (Å²) in [6.07, 6.45) is 4.36. The summed E-state index contributed by atoms with van der Waals surface area (Å²) in [5.74, 6) is -0.0539. The fourth-order valence-electron chi connectivity index (χ4n) is 2.84. The number of nitro groups is 2. The summed E-state index contributed by atoms with van der Waals surface area (Å²) in [6, 6.07) is 13.2. The molecule has 1 heterocycles. The minimum Gasteiger partial charge on any atom is -0.334 e. The minimum atomic E-state index is -0.600. The van der Waals surface area contributed by atoms with Crippen molar-refractivity contribution >= 4 is 34.4 Å². The van der Waals surface area contributed by atoms with Gasteiger partial charge in [0.05, 0.1) is 9.85 Å². The predicted molar refractivity (Wildman–Crippen MR) is 113 cm³/mol. The van der Waals surface area contributed by atoms with Crippen molar-refractivity contribution in [2.45, 2.75) is 26.2 Å². The quantitative estimate of drug-likeness (QED) is 0.367. The van der Waals surface area contributed by atoms with Crippen LogP contribution >= 0.6 is 0 Å². The third-order valence-corrected chi connectivity index (χ3v) is 4.36. The molecule has 0 aliphatic rings. The van der Waals surface area contributed by atoms with E-state index >= 15 is 0 Å². The average Bonchev–Trinajstić information content (AvgIpc) is 2.73. The summed E-state index contributed by atoms with van der Waals surface area (Å²) in [7, 11) is 0. The number of anilines is 4. The highest BCUT2D eigenvalue weighted by Crippen LogP contribution is 2.33. The fourth-order valence-corrected chi connectivity index (χ4v) is 2.84. The van der Waals surface area contributed by atoms with Crippen molar-refractivity contribution < 1.29 is 9.85 Å². The molecule has 0 fully saturated rings. The Morgan fingerprint density at radius 1 is 0.900 bits per heavy atom. The number of aromatic nitrogens is 2. The number of hydrogen-bond donors (Lipinski definition) is 2. The van der Waals surface area contributed by atoms with Gasteiger partial charge in [-0.1, -0.05) is 31.5 Å². The van der Waals surface area contributed by atoms with Crippen LogP contribution in [0.1, 0.15) is 25.3 Å². The molecule has 10 heteroatoms. The van der Waals surface area contributed by atoms with Crippen molar-refractivity contribution in [1.82, 2.24) is 9.97 Å². The van der Waals surface area contributed by atoms with Crippen molar-refractivity contribution in [3.63, 3.8) is 0 Å². The largest absolute Gasteiger partial charge is 0.353 e. The Balaban J connectivity index is 1.87. The van der Waals surface area contributed by atoms with Gasteiger partial charge in [-0.05, 0) is 36.6 Å². The molecule has 0 unspecified atom stereocenters. The Labute approximate surface area is 172 Å². The summed E-state index contributed by atoms with van der Waals surface area (Å²) < 4.78 is 0. The van der Waals surface area contributed by atoms with Crippen LogP contribution in [-0.2, 0) is 6.42 Å². The van der Waals surface area contributed by atoms with Gasteiger partial charge >= 0.3 is 5.69 Å². The van der Waals surface area contributed by atoms with E-state index in [1.54, 1.807) is 6.07 Å². The van der Waals surface area contributed by atoms with Crippen molar-refractivity contribution in [3.05, 3.63) is 80.7 Å². The van der Waals surface area contributed by atoms with Gasteiger partial charge in [0.25, 0.3) is 5.69 Å². The van der Waals surface area contributed by atoms with Crippen molar-refractivity contribution in [3.8, 4) is 0 Å². The van der Waals surface area contributed by atoms with Crippen LogP contribution in [0.4, 0.5) is 34.4 Å². The summed E-state index contributed by atoms with van der Waals surface area (Å²) in [4.78, 5) is 29.5. The molecule has 0 aliphatic carbocycles. The highest BCUT2D eigenvalue weighted by atomic mass is 16.6. The molecule has 1 aromatic heterocycles. The number of hydrogen-bond acceptors (Lipinski definition) is 8. The molecular formula is C20H20N6O4. The molecule has 154 valence electrons. The Morgan fingerprint density at radius 3 is 2.17 bits per heavy atom. The SMILES string of the molecule is CCCCc1ccc(Nc2ncnc(Nc3cccc([N+](=O)[O-])c3)c2[N+](=O)[O-])cc1. The van der Waals surface area contributed by atoms with Crippen LogP contribution in [0.25, 0.3) is 0 Å². The highest BCUT2D eigenvalue weighted by Gasteiger charge is 2.23. The number of non-ortho nitro benzene ring substituents is 1. The van der Waals surface area contributed by atoms with Crippen LogP contribution in [0, 0.1) is 20.2 Å². The minimum absolute atomic E-state index is 0.0178. The molecule has 0 saturated carbocycles. The van der Waals surface area contributed by atoms with E-state index in [0.717, 1.165) is 19.3 Å². The normalized spacial score (nSPS) is 10.4. The van der Waals surface area contributed by atoms with Gasteiger partial charge in [0.15, 0.2) is 0 Å². The molecule has 0 atom stereocenters. The summed E-state index contributed by atoms with van der Waals surface area (Å²) in [5, 5.41) is 28.4. The van der Waals surface area contributed by atoms with E-state index in [4.69, 9.17) is 0 Å². The number of nitrogens with zero attached hydrogens (tertiary/aromatic N) is 4. The second-order valence-corrected chi connectivity index (χ2v) is 6.53. The van der Waals surface area contributed by atoms with Crippen molar-refractivity contribution in [2.24, 2.45) is 0 Å². The van der Waals surface area contributed by atoms with E-state index in [2.05, 4.69) is 27.5 Å². The molecule has 0 bridgehead atoms. The predicted octanol–water partition coefficient (Wildman–Crippen LogP) is 5.12. The Kier molecular flexibility index (Phi) is 6.48. The van der Waals surface area contributed by atoms with Crippen molar-refractivity contribution in [2.75, 3.05) is 10.6 Å². The summed E-state index contributed by atoms with van der Waals surface area (Å²) in [6.45, 7) is 2.13. The van der Waals surface area contributed by atoms with Crippen LogP contribution in [0.3, 0.4) is 0 Å². The molecule has 2 aromatic carbocycles. The van der Waals surface area contributed by atoms with Crippen LogP contribution < -0.4 is 10.6 Å². The number of nitrogens with one attached hydrogen (secondary N) is 2. The summed E-state index contributed by atoms with van der Waals surface area (Å²) >= 11 is 0. The molecule has 3 rings (SSSR count). The lowest BCUT2D eigenvalue weighted by atomic mass is 10.1. The van der Waals surface area contributed by atoms with E-state index in [-0.39, 0.29) is 23.0 Å². The average molecular weight is 408 g/mol. The molecule has 3 aromatic rings. The molecular weight excluding hydrogens is 388 g/mol. The maximum Gasteiger partial charge on any atom is 0.353 e. The first kappa shape index (κ1) is 20.6. The lowest BCUT2D eigenvalue weighted by molar-refractivity contribution is -0.384. The van der Waals surface area contributed by atoms with Crippen molar-refractivity contribution in [1.29, 1.82) is 0 Å². The first-order chi connectivity index (χ1) is 14.5. The standard InChI is InChI=1S/C20H20N6O4/c1-2-3-5-14-8-10-15(11-9-14)23-19-18(26(29)30)20(22-13-21-19)24-16-6-4-7-17(12-16)25(27)28/h4,6-13H,2-3,5H2,1H3,(H2,21,22,23,24). The van der Waals surface area contributed by atoms with Gasteiger partial charge in [-0.3, -0.25) is 20.2 Å². The number of unbranched alkanes of at least 4 members (excludes halogenated alkanes) is 1. The second-order valence-electron chi connectivity index (χ2n) is 6.53. The van der Waals surface area contributed by atoms with Crippen LogP contribution in [-0.4, -0.2) is 19.8 Å².